The molecule has 9 heteroatoms. The highest BCUT2D eigenvalue weighted by molar-refractivity contribution is 5.87. The van der Waals surface area contributed by atoms with E-state index in [0.717, 1.165) is 4.57 Å². The van der Waals surface area contributed by atoms with Crippen LogP contribution in [0.4, 0.5) is 0 Å². The normalized spacial score (nSPS) is 14.0. The molecule has 0 aliphatic heterocycles. The van der Waals surface area contributed by atoms with Crippen LogP contribution in [-0.2, 0) is 23.1 Å². The number of fused-ring (bicyclic) bond motifs is 1. The number of amides is 1. The van der Waals surface area contributed by atoms with Crippen LogP contribution in [0, 0.1) is 0 Å². The summed E-state index contributed by atoms with van der Waals surface area (Å²) in [5.41, 5.74) is -0.267. The summed E-state index contributed by atoms with van der Waals surface area (Å²) in [4.78, 5) is 50.8. The summed E-state index contributed by atoms with van der Waals surface area (Å²) < 4.78 is 2.11. The zero-order valence-corrected chi connectivity index (χ0v) is 17.1. The van der Waals surface area contributed by atoms with Crippen molar-refractivity contribution in [3.05, 3.63) is 81.0 Å². The van der Waals surface area contributed by atoms with Crippen molar-refractivity contribution in [2.45, 2.75) is 31.5 Å². The summed E-state index contributed by atoms with van der Waals surface area (Å²) in [5.74, 6) is -2.28. The fraction of sp³-hybridized carbons (Fsp3) is 0.273. The van der Waals surface area contributed by atoms with Gasteiger partial charge in [0, 0.05) is 13.5 Å². The third-order valence-electron chi connectivity index (χ3n) is 5.14. The molecule has 1 heterocycles. The molecule has 31 heavy (non-hydrogen) atoms. The van der Waals surface area contributed by atoms with Gasteiger partial charge in [0.15, 0.2) is 6.04 Å². The molecule has 0 radical (unpaired) electrons. The molecule has 0 aliphatic rings. The van der Waals surface area contributed by atoms with Gasteiger partial charge >= 0.3 is 11.7 Å². The van der Waals surface area contributed by atoms with E-state index in [4.69, 9.17) is 0 Å². The molecule has 0 unspecified atom stereocenters. The van der Waals surface area contributed by atoms with Crippen LogP contribution >= 0.6 is 0 Å². The molecule has 3 atom stereocenters. The molecule has 1 aromatic heterocycles. The lowest BCUT2D eigenvalue weighted by molar-refractivity contribution is -0.145. The number of aliphatic hydroxyl groups is 1. The maximum atomic E-state index is 13.2. The van der Waals surface area contributed by atoms with Crippen molar-refractivity contribution >= 4 is 22.8 Å². The fourth-order valence-electron chi connectivity index (χ4n) is 3.48. The average molecular weight is 425 g/mol. The molecule has 9 nitrogen and oxygen atoms in total. The summed E-state index contributed by atoms with van der Waals surface area (Å²) >= 11 is 0. The first-order valence-corrected chi connectivity index (χ1v) is 9.67. The molecule has 162 valence electrons. The maximum absolute atomic E-state index is 13.2. The van der Waals surface area contributed by atoms with Gasteiger partial charge in [-0.2, -0.15) is 0 Å². The largest absolute Gasteiger partial charge is 0.480 e. The van der Waals surface area contributed by atoms with Crippen LogP contribution in [0.3, 0.4) is 0 Å². The van der Waals surface area contributed by atoms with Crippen LogP contribution in [0.15, 0.2) is 64.2 Å². The molecule has 0 aliphatic carbocycles. The third-order valence-corrected chi connectivity index (χ3v) is 5.14. The molecule has 0 fully saturated rings. The average Bonchev–Trinajstić information content (AvgIpc) is 2.75. The summed E-state index contributed by atoms with van der Waals surface area (Å²) in [6, 6.07) is 12.4. The number of aliphatic carboxylic acids is 1. The Kier molecular flexibility index (Phi) is 6.36. The van der Waals surface area contributed by atoms with Crippen molar-refractivity contribution in [3.63, 3.8) is 0 Å². The first kappa shape index (κ1) is 22.0. The molecule has 0 spiro atoms. The van der Waals surface area contributed by atoms with Crippen LogP contribution in [0.2, 0.25) is 0 Å². The molecule has 3 rings (SSSR count). The number of rotatable bonds is 7. The highest BCUT2D eigenvalue weighted by atomic mass is 16.4. The molecule has 0 saturated carbocycles. The number of carbonyl (C=O) groups excluding carboxylic acids is 1. The van der Waals surface area contributed by atoms with Gasteiger partial charge in [0.25, 0.3) is 5.56 Å². The molecule has 0 saturated heterocycles. The smallest absolute Gasteiger partial charge is 0.331 e. The fourth-order valence-corrected chi connectivity index (χ4v) is 3.48. The van der Waals surface area contributed by atoms with Crippen LogP contribution in [0.1, 0.15) is 18.5 Å². The van der Waals surface area contributed by atoms with Crippen LogP contribution < -0.4 is 16.6 Å². The zero-order valence-electron chi connectivity index (χ0n) is 17.1. The lowest BCUT2D eigenvalue weighted by atomic mass is 10.0. The Morgan fingerprint density at radius 2 is 1.65 bits per heavy atom. The molecular weight excluding hydrogens is 402 g/mol. The van der Waals surface area contributed by atoms with Gasteiger partial charge in [0.1, 0.15) is 6.04 Å². The predicted octanol–water partition coefficient (Wildman–Crippen LogP) is 0.434. The van der Waals surface area contributed by atoms with Crippen molar-refractivity contribution in [2.75, 3.05) is 0 Å². The van der Waals surface area contributed by atoms with E-state index < -0.39 is 41.3 Å². The summed E-state index contributed by atoms with van der Waals surface area (Å²) in [6.45, 7) is 1.23. The Hall–Kier alpha value is -3.72. The second-order valence-electron chi connectivity index (χ2n) is 7.30. The number of carboxylic acids is 1. The van der Waals surface area contributed by atoms with Crippen molar-refractivity contribution in [3.8, 4) is 0 Å². The lowest BCUT2D eigenvalue weighted by Gasteiger charge is -2.24. The van der Waals surface area contributed by atoms with Gasteiger partial charge < -0.3 is 15.5 Å². The first-order chi connectivity index (χ1) is 14.7. The number of para-hydroxylation sites is 1. The summed E-state index contributed by atoms with van der Waals surface area (Å²) in [6.07, 6.45) is -1.40. The lowest BCUT2D eigenvalue weighted by Crippen LogP contribution is -2.53. The Labute approximate surface area is 177 Å². The minimum absolute atomic E-state index is 0.0215. The predicted molar refractivity (Wildman–Crippen MR) is 114 cm³/mol. The minimum atomic E-state index is -1.59. The third kappa shape index (κ3) is 4.41. The van der Waals surface area contributed by atoms with Crippen LogP contribution in [-0.4, -0.2) is 43.4 Å². The number of aromatic nitrogens is 2. The summed E-state index contributed by atoms with van der Waals surface area (Å²) in [5, 5.41) is 21.6. The number of hydrogen-bond acceptors (Lipinski definition) is 5. The van der Waals surface area contributed by atoms with Gasteiger partial charge in [-0.15, -0.1) is 0 Å². The number of nitrogens with one attached hydrogen (secondary N) is 1. The monoisotopic (exact) mass is 425 g/mol. The number of hydrogen-bond donors (Lipinski definition) is 3. The van der Waals surface area contributed by atoms with Crippen molar-refractivity contribution in [1.82, 2.24) is 14.5 Å². The van der Waals surface area contributed by atoms with Gasteiger partial charge in [-0.25, -0.2) is 14.2 Å². The number of carboxylic acid groups (broad SMARTS) is 1. The van der Waals surface area contributed by atoms with E-state index in [0.29, 0.717) is 11.1 Å². The molecule has 3 aromatic rings. The molecule has 2 aromatic carbocycles. The number of aliphatic hydroxyl groups excluding tert-OH is 1. The van der Waals surface area contributed by atoms with Gasteiger partial charge in [-0.1, -0.05) is 42.5 Å². The maximum Gasteiger partial charge on any atom is 0.331 e. The van der Waals surface area contributed by atoms with E-state index in [1.54, 1.807) is 54.6 Å². The van der Waals surface area contributed by atoms with E-state index in [-0.39, 0.29) is 11.8 Å². The van der Waals surface area contributed by atoms with E-state index in [9.17, 15) is 29.4 Å². The van der Waals surface area contributed by atoms with E-state index >= 15 is 0 Å². The number of aryl methyl sites for hydroxylation is 1. The quantitative estimate of drug-likeness (QED) is 0.503. The highest BCUT2D eigenvalue weighted by Gasteiger charge is 2.31. The van der Waals surface area contributed by atoms with E-state index in [1.807, 2.05) is 0 Å². The van der Waals surface area contributed by atoms with Crippen LogP contribution in [0.25, 0.3) is 10.9 Å². The Morgan fingerprint density at radius 1 is 1.03 bits per heavy atom. The molecule has 0 bridgehead atoms. The summed E-state index contributed by atoms with van der Waals surface area (Å²) in [7, 11) is 1.49. The van der Waals surface area contributed by atoms with Gasteiger partial charge in [-0.3, -0.25) is 14.2 Å². The van der Waals surface area contributed by atoms with Crippen molar-refractivity contribution < 1.29 is 19.8 Å². The van der Waals surface area contributed by atoms with Crippen LogP contribution in [0.5, 0.6) is 0 Å². The topological polar surface area (TPSA) is 131 Å². The van der Waals surface area contributed by atoms with E-state index in [1.165, 1.54) is 18.5 Å². The highest BCUT2D eigenvalue weighted by Crippen LogP contribution is 2.15. The SMILES string of the molecule is C[C@@H](O)[C@H](NC(=O)[C@H](Cc1ccccc1)n1c(=O)c2ccccc2n(C)c1=O)C(=O)O. The first-order valence-electron chi connectivity index (χ1n) is 9.67. The molecule has 1 amide bonds. The Morgan fingerprint density at radius 3 is 2.26 bits per heavy atom. The zero-order chi connectivity index (χ0) is 22.7. The Bertz CT molecular complexity index is 1230. The minimum Gasteiger partial charge on any atom is -0.480 e. The van der Waals surface area contributed by atoms with Crippen molar-refractivity contribution in [2.24, 2.45) is 7.05 Å². The van der Waals surface area contributed by atoms with Gasteiger partial charge in [-0.05, 0) is 24.6 Å². The standard InChI is InChI=1S/C22H23N3O6/c1-13(26)18(21(29)30)23-19(27)17(12-14-8-4-3-5-9-14)25-20(28)15-10-6-7-11-16(15)24(2)22(25)31/h3-11,13,17-18,26H,12H2,1-2H3,(H,23,27)(H,29,30)/t13-,17+,18+/m1/s1. The number of carbonyl (C=O) groups is 2. The van der Waals surface area contributed by atoms with Gasteiger partial charge in [0.2, 0.25) is 5.91 Å². The molecule has 3 N–H and O–H groups in total. The second-order valence-corrected chi connectivity index (χ2v) is 7.30. The van der Waals surface area contributed by atoms with E-state index in [2.05, 4.69) is 5.32 Å². The number of benzene rings is 2. The van der Waals surface area contributed by atoms with Gasteiger partial charge in [0.05, 0.1) is 17.0 Å². The van der Waals surface area contributed by atoms with Crippen molar-refractivity contribution in [1.29, 1.82) is 0 Å². The Balaban J connectivity index is 2.17. The second kappa shape index (κ2) is 8.97. The molecular formula is C22H23N3O6. The number of nitrogens with zero attached hydrogens (tertiary/aromatic N) is 2.